The summed E-state index contributed by atoms with van der Waals surface area (Å²) in [7, 11) is 1.75. The van der Waals surface area contributed by atoms with Crippen LogP contribution in [0.25, 0.3) is 9.88 Å². The molecule has 0 aliphatic carbocycles. The molecule has 1 atom stereocenters. The van der Waals surface area contributed by atoms with Crippen LogP contribution in [0.15, 0.2) is 22.9 Å². The fourth-order valence-electron chi connectivity index (χ4n) is 1.42. The molecule has 0 aromatic carbocycles. The molecule has 96 valence electrons. The largest absolute Gasteiger partial charge is 0.336 e. The number of carbonyl (C=O) groups excluding carboxylic acids is 1. The number of rotatable bonds is 4. The molecule has 0 aliphatic heterocycles. The standard InChI is InChI=1S/C12H15N3OS2/c1-8(6-13)15(2)12(16)9-7-18-11(14-9)10-4-3-5-17-10/h3-5,7-8H,6,13H2,1-2H3. The second-order valence-corrected chi connectivity index (χ2v) is 5.82. The van der Waals surface area contributed by atoms with E-state index >= 15 is 0 Å². The number of aromatic nitrogens is 1. The summed E-state index contributed by atoms with van der Waals surface area (Å²) in [5.41, 5.74) is 6.05. The quantitative estimate of drug-likeness (QED) is 0.935. The molecule has 2 aromatic rings. The Bertz CT molecular complexity index is 521. The van der Waals surface area contributed by atoms with Crippen molar-refractivity contribution < 1.29 is 4.79 Å². The minimum Gasteiger partial charge on any atom is -0.336 e. The summed E-state index contributed by atoms with van der Waals surface area (Å²) >= 11 is 3.12. The number of likely N-dealkylation sites (N-methyl/N-ethyl adjacent to an activating group) is 1. The van der Waals surface area contributed by atoms with E-state index in [0.717, 1.165) is 9.88 Å². The van der Waals surface area contributed by atoms with Gasteiger partial charge in [0.2, 0.25) is 0 Å². The average Bonchev–Trinajstić information content (AvgIpc) is 3.05. The average molecular weight is 281 g/mol. The zero-order valence-corrected chi connectivity index (χ0v) is 11.9. The molecule has 0 spiro atoms. The van der Waals surface area contributed by atoms with Crippen LogP contribution in [0, 0.1) is 0 Å². The molecule has 2 rings (SSSR count). The van der Waals surface area contributed by atoms with Crippen LogP contribution in [-0.2, 0) is 0 Å². The molecule has 0 saturated carbocycles. The van der Waals surface area contributed by atoms with Crippen LogP contribution in [0.3, 0.4) is 0 Å². The van der Waals surface area contributed by atoms with Gasteiger partial charge in [0, 0.05) is 25.0 Å². The maximum Gasteiger partial charge on any atom is 0.273 e. The third-order valence-electron chi connectivity index (χ3n) is 2.78. The summed E-state index contributed by atoms with van der Waals surface area (Å²) in [6, 6.07) is 4.00. The van der Waals surface area contributed by atoms with E-state index in [1.54, 1.807) is 28.7 Å². The highest BCUT2D eigenvalue weighted by molar-refractivity contribution is 7.20. The fourth-order valence-corrected chi connectivity index (χ4v) is 3.03. The van der Waals surface area contributed by atoms with Gasteiger partial charge >= 0.3 is 0 Å². The lowest BCUT2D eigenvalue weighted by Gasteiger charge is -2.22. The van der Waals surface area contributed by atoms with Crippen LogP contribution in [0.2, 0.25) is 0 Å². The third kappa shape index (κ3) is 2.60. The highest BCUT2D eigenvalue weighted by Gasteiger charge is 2.19. The second kappa shape index (κ2) is 5.60. The predicted molar refractivity (Wildman–Crippen MR) is 76.0 cm³/mol. The normalized spacial score (nSPS) is 12.4. The van der Waals surface area contributed by atoms with Gasteiger partial charge in [-0.15, -0.1) is 22.7 Å². The van der Waals surface area contributed by atoms with Gasteiger partial charge in [-0.3, -0.25) is 4.79 Å². The van der Waals surface area contributed by atoms with E-state index < -0.39 is 0 Å². The second-order valence-electron chi connectivity index (χ2n) is 4.02. The van der Waals surface area contributed by atoms with Gasteiger partial charge in [0.05, 0.1) is 4.88 Å². The van der Waals surface area contributed by atoms with Crippen molar-refractivity contribution >= 4 is 28.6 Å². The van der Waals surface area contributed by atoms with E-state index in [2.05, 4.69) is 4.98 Å². The zero-order chi connectivity index (χ0) is 13.1. The first-order chi connectivity index (χ1) is 8.63. The van der Waals surface area contributed by atoms with Crippen molar-refractivity contribution in [3.05, 3.63) is 28.6 Å². The molecule has 0 radical (unpaired) electrons. The van der Waals surface area contributed by atoms with Crippen molar-refractivity contribution in [3.63, 3.8) is 0 Å². The fraction of sp³-hybridized carbons (Fsp3) is 0.333. The molecule has 1 amide bonds. The first-order valence-corrected chi connectivity index (χ1v) is 7.36. The topological polar surface area (TPSA) is 59.2 Å². The molecule has 18 heavy (non-hydrogen) atoms. The van der Waals surface area contributed by atoms with Crippen LogP contribution >= 0.6 is 22.7 Å². The molecule has 2 aromatic heterocycles. The molecule has 0 fully saturated rings. The Morgan fingerprint density at radius 2 is 2.33 bits per heavy atom. The van der Waals surface area contributed by atoms with Crippen molar-refractivity contribution in [3.8, 4) is 9.88 Å². The van der Waals surface area contributed by atoms with E-state index in [1.165, 1.54) is 11.3 Å². The van der Waals surface area contributed by atoms with E-state index in [-0.39, 0.29) is 11.9 Å². The minimum absolute atomic E-state index is 0.0180. The van der Waals surface area contributed by atoms with Crippen molar-refractivity contribution in [2.45, 2.75) is 13.0 Å². The Balaban J connectivity index is 2.18. The van der Waals surface area contributed by atoms with Gasteiger partial charge in [-0.1, -0.05) is 6.07 Å². The van der Waals surface area contributed by atoms with Crippen molar-refractivity contribution in [1.29, 1.82) is 0 Å². The SMILES string of the molecule is CC(CN)N(C)C(=O)c1csc(-c2cccs2)n1. The number of amides is 1. The van der Waals surface area contributed by atoms with Crippen LogP contribution in [0.1, 0.15) is 17.4 Å². The van der Waals surface area contributed by atoms with Gasteiger partial charge in [-0.25, -0.2) is 4.98 Å². The van der Waals surface area contributed by atoms with Crippen molar-refractivity contribution in [1.82, 2.24) is 9.88 Å². The van der Waals surface area contributed by atoms with Gasteiger partial charge in [-0.2, -0.15) is 0 Å². The van der Waals surface area contributed by atoms with Crippen molar-refractivity contribution in [2.24, 2.45) is 5.73 Å². The van der Waals surface area contributed by atoms with Gasteiger partial charge in [0.1, 0.15) is 10.7 Å². The Labute approximate surface area is 114 Å². The number of thiophene rings is 1. The number of hydrogen-bond donors (Lipinski definition) is 1. The van der Waals surface area contributed by atoms with Crippen LogP contribution in [-0.4, -0.2) is 35.4 Å². The van der Waals surface area contributed by atoms with Gasteiger partial charge < -0.3 is 10.6 Å². The van der Waals surface area contributed by atoms with Gasteiger partial charge in [0.15, 0.2) is 0 Å². The number of thiazole rings is 1. The van der Waals surface area contributed by atoms with Crippen molar-refractivity contribution in [2.75, 3.05) is 13.6 Å². The Hall–Kier alpha value is -1.24. The third-order valence-corrected chi connectivity index (χ3v) is 4.66. The maximum absolute atomic E-state index is 12.1. The summed E-state index contributed by atoms with van der Waals surface area (Å²) in [5.74, 6) is -0.0768. The van der Waals surface area contributed by atoms with E-state index in [1.807, 2.05) is 24.4 Å². The lowest BCUT2D eigenvalue weighted by Crippen LogP contribution is -2.39. The molecule has 2 heterocycles. The highest BCUT2D eigenvalue weighted by Crippen LogP contribution is 2.28. The molecule has 4 nitrogen and oxygen atoms in total. The summed E-state index contributed by atoms with van der Waals surface area (Å²) in [4.78, 5) is 19.3. The predicted octanol–water partition coefficient (Wildman–Crippen LogP) is 2.29. The molecule has 2 N–H and O–H groups in total. The Morgan fingerprint density at radius 1 is 1.56 bits per heavy atom. The van der Waals surface area contributed by atoms with Crippen LogP contribution in [0.5, 0.6) is 0 Å². The molecule has 0 bridgehead atoms. The number of hydrogen-bond acceptors (Lipinski definition) is 5. The van der Waals surface area contributed by atoms with Gasteiger partial charge in [0.25, 0.3) is 5.91 Å². The monoisotopic (exact) mass is 281 g/mol. The van der Waals surface area contributed by atoms with Crippen LogP contribution in [0.4, 0.5) is 0 Å². The summed E-state index contributed by atoms with van der Waals surface area (Å²) in [5, 5.41) is 4.69. The summed E-state index contributed by atoms with van der Waals surface area (Å²) in [6.07, 6.45) is 0. The van der Waals surface area contributed by atoms with E-state index in [4.69, 9.17) is 5.73 Å². The molecule has 1 unspecified atom stereocenters. The van der Waals surface area contributed by atoms with Crippen LogP contribution < -0.4 is 5.73 Å². The lowest BCUT2D eigenvalue weighted by molar-refractivity contribution is 0.0743. The minimum atomic E-state index is -0.0768. The molecule has 0 aliphatic rings. The number of nitrogens with zero attached hydrogens (tertiary/aromatic N) is 2. The summed E-state index contributed by atoms with van der Waals surface area (Å²) < 4.78 is 0. The first-order valence-electron chi connectivity index (χ1n) is 5.60. The number of nitrogens with two attached hydrogens (primary N) is 1. The molecule has 6 heteroatoms. The first kappa shape index (κ1) is 13.2. The van der Waals surface area contributed by atoms with E-state index in [9.17, 15) is 4.79 Å². The summed E-state index contributed by atoms with van der Waals surface area (Å²) in [6.45, 7) is 2.37. The number of carbonyl (C=O) groups is 1. The zero-order valence-electron chi connectivity index (χ0n) is 10.3. The Morgan fingerprint density at radius 3 is 2.94 bits per heavy atom. The smallest absolute Gasteiger partial charge is 0.273 e. The highest BCUT2D eigenvalue weighted by atomic mass is 32.1. The molecule has 0 saturated heterocycles. The molecular formula is C12H15N3OS2. The molecular weight excluding hydrogens is 266 g/mol. The Kier molecular flexibility index (Phi) is 4.11. The maximum atomic E-state index is 12.1. The van der Waals surface area contributed by atoms with E-state index in [0.29, 0.717) is 12.2 Å². The lowest BCUT2D eigenvalue weighted by atomic mass is 10.3. The van der Waals surface area contributed by atoms with Gasteiger partial charge in [-0.05, 0) is 18.4 Å².